The Bertz CT molecular complexity index is 808. The third kappa shape index (κ3) is 2.80. The van der Waals surface area contributed by atoms with Crippen molar-refractivity contribution in [3.8, 4) is 21.8 Å². The van der Waals surface area contributed by atoms with Gasteiger partial charge in [-0.2, -0.15) is 0 Å². The summed E-state index contributed by atoms with van der Waals surface area (Å²) in [4.78, 5) is 5.97. The average Bonchev–Trinajstić information content (AvgIpc) is 2.84. The molecule has 3 rings (SSSR count). The molecule has 3 aromatic rings. The Hall–Kier alpha value is -1.84. The molecule has 2 N–H and O–H groups in total. The highest BCUT2D eigenvalue weighted by atomic mass is 35.5. The summed E-state index contributed by atoms with van der Waals surface area (Å²) in [5, 5.41) is 1.77. The second kappa shape index (κ2) is 5.51. The van der Waals surface area contributed by atoms with Gasteiger partial charge in [-0.05, 0) is 43.7 Å². The molecule has 0 saturated heterocycles. The number of nitrogen functional groups attached to an aromatic ring is 1. The Morgan fingerprint density at radius 1 is 1.05 bits per heavy atom. The summed E-state index contributed by atoms with van der Waals surface area (Å²) >= 11 is 7.78. The minimum atomic E-state index is 0.754. The van der Waals surface area contributed by atoms with E-state index < -0.39 is 0 Å². The topological polar surface area (TPSA) is 38.9 Å². The standard InChI is InChI=1S/C17H15ClN2S/c1-10-8-12(6-7-15(10)18)16-11(2)21-17(20-16)13-4-3-5-14(19)9-13/h3-9H,19H2,1-2H3. The highest BCUT2D eigenvalue weighted by molar-refractivity contribution is 7.15. The van der Waals surface area contributed by atoms with Crippen LogP contribution in [0.5, 0.6) is 0 Å². The van der Waals surface area contributed by atoms with Gasteiger partial charge in [0.15, 0.2) is 0 Å². The molecule has 2 nitrogen and oxygen atoms in total. The SMILES string of the molecule is Cc1cc(-c2nc(-c3cccc(N)c3)sc2C)ccc1Cl. The van der Waals surface area contributed by atoms with Crippen LogP contribution < -0.4 is 5.73 Å². The van der Waals surface area contributed by atoms with Gasteiger partial charge in [-0.1, -0.05) is 29.8 Å². The van der Waals surface area contributed by atoms with Crippen LogP contribution in [0, 0.1) is 13.8 Å². The highest BCUT2D eigenvalue weighted by Gasteiger charge is 2.12. The summed E-state index contributed by atoms with van der Waals surface area (Å²) in [6, 6.07) is 13.8. The zero-order chi connectivity index (χ0) is 15.0. The van der Waals surface area contributed by atoms with Crippen molar-refractivity contribution in [1.82, 2.24) is 4.98 Å². The molecule has 0 aliphatic carbocycles. The van der Waals surface area contributed by atoms with Crippen LogP contribution in [0.1, 0.15) is 10.4 Å². The van der Waals surface area contributed by atoms with Gasteiger partial charge < -0.3 is 5.73 Å². The van der Waals surface area contributed by atoms with E-state index in [1.165, 1.54) is 4.88 Å². The number of benzene rings is 2. The summed E-state index contributed by atoms with van der Waals surface area (Å²) in [7, 11) is 0. The van der Waals surface area contributed by atoms with Crippen molar-refractivity contribution in [3.63, 3.8) is 0 Å². The van der Waals surface area contributed by atoms with Gasteiger partial charge in [-0.25, -0.2) is 4.98 Å². The summed E-state index contributed by atoms with van der Waals surface area (Å²) in [6.07, 6.45) is 0. The van der Waals surface area contributed by atoms with Crippen molar-refractivity contribution in [1.29, 1.82) is 0 Å². The molecule has 2 aromatic carbocycles. The van der Waals surface area contributed by atoms with Gasteiger partial charge >= 0.3 is 0 Å². The van der Waals surface area contributed by atoms with Gasteiger partial charge in [0.25, 0.3) is 0 Å². The van der Waals surface area contributed by atoms with Crippen LogP contribution in [0.4, 0.5) is 5.69 Å². The Kier molecular flexibility index (Phi) is 3.70. The average molecular weight is 315 g/mol. The van der Waals surface area contributed by atoms with Gasteiger partial charge in [0.05, 0.1) is 5.69 Å². The third-order valence-electron chi connectivity index (χ3n) is 3.36. The van der Waals surface area contributed by atoms with E-state index in [0.29, 0.717) is 0 Å². The molecular weight excluding hydrogens is 300 g/mol. The maximum absolute atomic E-state index is 6.09. The molecule has 106 valence electrons. The third-order valence-corrected chi connectivity index (χ3v) is 4.81. The van der Waals surface area contributed by atoms with E-state index >= 15 is 0 Å². The number of halogens is 1. The lowest BCUT2D eigenvalue weighted by Gasteiger charge is -2.02. The number of aromatic nitrogens is 1. The van der Waals surface area contributed by atoms with E-state index in [1.54, 1.807) is 11.3 Å². The van der Waals surface area contributed by atoms with Crippen LogP contribution in [0.15, 0.2) is 42.5 Å². The Labute approximate surface area is 133 Å². The summed E-state index contributed by atoms with van der Waals surface area (Å²) in [5.41, 5.74) is 10.8. The van der Waals surface area contributed by atoms with Crippen molar-refractivity contribution in [2.75, 3.05) is 5.73 Å². The summed E-state index contributed by atoms with van der Waals surface area (Å²) in [6.45, 7) is 4.10. The van der Waals surface area contributed by atoms with E-state index in [2.05, 4.69) is 13.0 Å². The Morgan fingerprint density at radius 2 is 1.86 bits per heavy atom. The first-order valence-corrected chi connectivity index (χ1v) is 7.84. The van der Waals surface area contributed by atoms with E-state index in [1.807, 2.05) is 43.3 Å². The number of aryl methyl sites for hydroxylation is 2. The number of thiazole rings is 1. The first-order chi connectivity index (χ1) is 10.0. The van der Waals surface area contributed by atoms with Crippen molar-refractivity contribution in [2.24, 2.45) is 0 Å². The van der Waals surface area contributed by atoms with Crippen molar-refractivity contribution in [3.05, 3.63) is 57.9 Å². The molecule has 0 saturated carbocycles. The predicted molar refractivity (Wildman–Crippen MR) is 91.9 cm³/mol. The molecule has 4 heteroatoms. The monoisotopic (exact) mass is 314 g/mol. The molecule has 0 aliphatic heterocycles. The highest BCUT2D eigenvalue weighted by Crippen LogP contribution is 2.34. The number of hydrogen-bond donors (Lipinski definition) is 1. The largest absolute Gasteiger partial charge is 0.399 e. The minimum Gasteiger partial charge on any atom is -0.399 e. The lowest BCUT2D eigenvalue weighted by Crippen LogP contribution is -1.86. The lowest BCUT2D eigenvalue weighted by atomic mass is 10.1. The van der Waals surface area contributed by atoms with E-state index in [4.69, 9.17) is 22.3 Å². The van der Waals surface area contributed by atoms with Crippen LogP contribution in [0.3, 0.4) is 0 Å². The van der Waals surface area contributed by atoms with Crippen molar-refractivity contribution < 1.29 is 0 Å². The van der Waals surface area contributed by atoms with Crippen LogP contribution in [0.2, 0.25) is 5.02 Å². The fourth-order valence-electron chi connectivity index (χ4n) is 2.25. The molecule has 0 aliphatic rings. The minimum absolute atomic E-state index is 0.754. The van der Waals surface area contributed by atoms with Gasteiger partial charge in [-0.3, -0.25) is 0 Å². The molecule has 21 heavy (non-hydrogen) atoms. The lowest BCUT2D eigenvalue weighted by molar-refractivity contribution is 1.36. The number of nitrogens with two attached hydrogens (primary N) is 1. The zero-order valence-corrected chi connectivity index (χ0v) is 13.4. The molecule has 1 aromatic heterocycles. The summed E-state index contributed by atoms with van der Waals surface area (Å²) < 4.78 is 0. The molecule has 0 spiro atoms. The molecule has 0 radical (unpaired) electrons. The molecule has 0 unspecified atom stereocenters. The van der Waals surface area contributed by atoms with E-state index in [-0.39, 0.29) is 0 Å². The number of hydrogen-bond acceptors (Lipinski definition) is 3. The zero-order valence-electron chi connectivity index (χ0n) is 11.9. The van der Waals surface area contributed by atoms with Crippen LogP contribution in [0.25, 0.3) is 21.8 Å². The van der Waals surface area contributed by atoms with Crippen LogP contribution >= 0.6 is 22.9 Å². The fraction of sp³-hybridized carbons (Fsp3) is 0.118. The number of nitrogens with zero attached hydrogens (tertiary/aromatic N) is 1. The van der Waals surface area contributed by atoms with Gasteiger partial charge in [0.1, 0.15) is 5.01 Å². The normalized spacial score (nSPS) is 10.8. The Balaban J connectivity index is 2.07. The first-order valence-electron chi connectivity index (χ1n) is 6.64. The maximum atomic E-state index is 6.09. The molecular formula is C17H15ClN2S. The predicted octanol–water partition coefficient (Wildman–Crippen LogP) is 5.33. The van der Waals surface area contributed by atoms with Crippen molar-refractivity contribution >= 4 is 28.6 Å². The summed E-state index contributed by atoms with van der Waals surface area (Å²) in [5.74, 6) is 0. The van der Waals surface area contributed by atoms with E-state index in [0.717, 1.165) is 38.1 Å². The second-order valence-corrected chi connectivity index (χ2v) is 6.62. The Morgan fingerprint density at radius 3 is 2.57 bits per heavy atom. The molecule has 0 fully saturated rings. The van der Waals surface area contributed by atoms with Gasteiger partial charge in [0, 0.05) is 26.7 Å². The van der Waals surface area contributed by atoms with Gasteiger partial charge in [0.2, 0.25) is 0 Å². The maximum Gasteiger partial charge on any atom is 0.124 e. The molecule has 0 atom stereocenters. The fourth-order valence-corrected chi connectivity index (χ4v) is 3.30. The number of anilines is 1. The van der Waals surface area contributed by atoms with Crippen LogP contribution in [-0.2, 0) is 0 Å². The van der Waals surface area contributed by atoms with Gasteiger partial charge in [-0.15, -0.1) is 11.3 Å². The quantitative estimate of drug-likeness (QED) is 0.649. The molecule has 0 amide bonds. The first kappa shape index (κ1) is 14.1. The second-order valence-electron chi connectivity index (χ2n) is 5.01. The van der Waals surface area contributed by atoms with Crippen molar-refractivity contribution in [2.45, 2.75) is 13.8 Å². The van der Waals surface area contributed by atoms with E-state index in [9.17, 15) is 0 Å². The van der Waals surface area contributed by atoms with Crippen LogP contribution in [-0.4, -0.2) is 4.98 Å². The number of rotatable bonds is 2. The molecule has 1 heterocycles. The smallest absolute Gasteiger partial charge is 0.124 e. The molecule has 0 bridgehead atoms.